The van der Waals surface area contributed by atoms with Crippen LogP contribution in [0.25, 0.3) is 10.9 Å². The Balaban J connectivity index is 2.31. The van der Waals surface area contributed by atoms with Crippen LogP contribution in [0.5, 0.6) is 0 Å². The average molecular weight is 260 g/mol. The number of aliphatic carboxylic acids is 1. The lowest BCUT2D eigenvalue weighted by atomic mass is 10.0. The van der Waals surface area contributed by atoms with E-state index in [1.807, 2.05) is 36.2 Å². The number of carboxylic acid groups (broad SMARTS) is 1. The smallest absolute Gasteiger partial charge is 0.323 e. The molecule has 2 rings (SSSR count). The number of nitrogens with zero attached hydrogens (tertiary/aromatic N) is 1. The minimum absolute atomic E-state index is 0.625. The number of carbonyl (C=O) groups is 1. The second-order valence-electron chi connectivity index (χ2n) is 5.24. The number of hydrogen-bond acceptors (Lipinski definition) is 2. The van der Waals surface area contributed by atoms with Crippen LogP contribution in [-0.2, 0) is 11.3 Å². The molecule has 0 aliphatic heterocycles. The molecule has 0 aliphatic carbocycles. The number of carboxylic acids is 1. The van der Waals surface area contributed by atoms with E-state index in [-0.39, 0.29) is 0 Å². The molecule has 0 atom stereocenters. The molecule has 0 aliphatic rings. The Morgan fingerprint density at radius 1 is 1.37 bits per heavy atom. The number of benzene rings is 1. The van der Waals surface area contributed by atoms with E-state index in [1.54, 1.807) is 13.8 Å². The van der Waals surface area contributed by atoms with Gasteiger partial charge in [-0.05, 0) is 32.0 Å². The highest BCUT2D eigenvalue weighted by atomic mass is 16.4. The average Bonchev–Trinajstić information content (AvgIpc) is 2.78. The number of aromatic amines is 1. The van der Waals surface area contributed by atoms with Crippen molar-refractivity contribution in [2.45, 2.75) is 32.9 Å². The van der Waals surface area contributed by atoms with Crippen molar-refractivity contribution < 1.29 is 9.90 Å². The molecule has 0 saturated carbocycles. The Labute approximate surface area is 113 Å². The predicted molar refractivity (Wildman–Crippen MR) is 76.1 cm³/mol. The van der Waals surface area contributed by atoms with Gasteiger partial charge >= 0.3 is 5.97 Å². The monoisotopic (exact) mass is 260 g/mol. The summed E-state index contributed by atoms with van der Waals surface area (Å²) in [4.78, 5) is 16.6. The molecule has 2 N–H and O–H groups in total. The minimum atomic E-state index is -0.868. The molecule has 0 saturated heterocycles. The molecular weight excluding hydrogens is 240 g/mol. The topological polar surface area (TPSA) is 56.3 Å². The van der Waals surface area contributed by atoms with Gasteiger partial charge in [0.2, 0.25) is 0 Å². The molecule has 4 heteroatoms. The van der Waals surface area contributed by atoms with Gasteiger partial charge in [0, 0.05) is 23.6 Å². The summed E-state index contributed by atoms with van der Waals surface area (Å²) in [6.45, 7) is 6.79. The number of para-hydroxylation sites is 1. The molecule has 1 aromatic carbocycles. The molecule has 1 heterocycles. The Morgan fingerprint density at radius 3 is 2.68 bits per heavy atom. The Bertz CT molecular complexity index is 587. The van der Waals surface area contributed by atoms with Crippen molar-refractivity contribution in [3.05, 3.63) is 36.0 Å². The van der Waals surface area contributed by atoms with Crippen LogP contribution in [-0.4, -0.2) is 33.0 Å². The Kier molecular flexibility index (Phi) is 3.62. The third-order valence-corrected chi connectivity index (χ3v) is 3.73. The van der Waals surface area contributed by atoms with E-state index in [0.717, 1.165) is 16.5 Å². The molecule has 2 aromatic rings. The maximum Gasteiger partial charge on any atom is 0.323 e. The molecule has 102 valence electrons. The summed E-state index contributed by atoms with van der Waals surface area (Å²) < 4.78 is 0. The van der Waals surface area contributed by atoms with Crippen molar-refractivity contribution in [2.75, 3.05) is 6.54 Å². The number of H-pyrrole nitrogens is 1. The van der Waals surface area contributed by atoms with E-state index in [1.165, 1.54) is 0 Å². The van der Waals surface area contributed by atoms with Gasteiger partial charge in [-0.3, -0.25) is 9.69 Å². The van der Waals surface area contributed by atoms with Crippen molar-refractivity contribution in [1.29, 1.82) is 0 Å². The minimum Gasteiger partial charge on any atom is -0.480 e. The molecule has 0 spiro atoms. The summed E-state index contributed by atoms with van der Waals surface area (Å²) in [6.07, 6.45) is 1.96. The van der Waals surface area contributed by atoms with Gasteiger partial charge in [0.05, 0.1) is 0 Å². The summed E-state index contributed by atoms with van der Waals surface area (Å²) in [5.74, 6) is -0.797. The number of likely N-dealkylation sites (N-methyl/N-ethyl adjacent to an activating group) is 1. The fraction of sp³-hybridized carbons (Fsp3) is 0.400. The molecular formula is C15H20N2O2. The van der Waals surface area contributed by atoms with Gasteiger partial charge in [-0.25, -0.2) is 0 Å². The van der Waals surface area contributed by atoms with Crippen LogP contribution in [0.3, 0.4) is 0 Å². The van der Waals surface area contributed by atoms with E-state index in [2.05, 4.69) is 11.1 Å². The first kappa shape index (κ1) is 13.6. The maximum absolute atomic E-state index is 11.4. The second-order valence-corrected chi connectivity index (χ2v) is 5.24. The van der Waals surface area contributed by atoms with Crippen LogP contribution in [0, 0.1) is 0 Å². The largest absolute Gasteiger partial charge is 0.480 e. The van der Waals surface area contributed by atoms with Crippen molar-refractivity contribution in [1.82, 2.24) is 9.88 Å². The quantitative estimate of drug-likeness (QED) is 0.869. The van der Waals surface area contributed by atoms with Crippen molar-refractivity contribution >= 4 is 16.9 Å². The van der Waals surface area contributed by atoms with Gasteiger partial charge in [-0.1, -0.05) is 25.1 Å². The van der Waals surface area contributed by atoms with Crippen LogP contribution in [0.2, 0.25) is 0 Å². The lowest BCUT2D eigenvalue weighted by Gasteiger charge is -2.34. The number of rotatable bonds is 5. The predicted octanol–water partition coefficient (Wildman–Crippen LogP) is 2.85. The van der Waals surface area contributed by atoms with Crippen molar-refractivity contribution in [3.8, 4) is 0 Å². The molecule has 0 amide bonds. The molecule has 19 heavy (non-hydrogen) atoms. The first-order chi connectivity index (χ1) is 8.96. The third-order valence-electron chi connectivity index (χ3n) is 3.73. The number of nitrogens with one attached hydrogen (secondary N) is 1. The first-order valence-corrected chi connectivity index (χ1v) is 6.50. The summed E-state index contributed by atoms with van der Waals surface area (Å²) in [6, 6.07) is 8.07. The van der Waals surface area contributed by atoms with Crippen molar-refractivity contribution in [3.63, 3.8) is 0 Å². The van der Waals surface area contributed by atoms with Crippen LogP contribution < -0.4 is 0 Å². The van der Waals surface area contributed by atoms with Gasteiger partial charge in [0.15, 0.2) is 0 Å². The second kappa shape index (κ2) is 5.05. The Hall–Kier alpha value is -1.81. The summed E-state index contributed by atoms with van der Waals surface area (Å²) in [5.41, 5.74) is 1.35. The number of fused-ring (bicyclic) bond motifs is 1. The standard InChI is InChI=1S/C15H20N2O2/c1-4-17(15(2,3)14(18)19)10-11-9-16-13-8-6-5-7-12(11)13/h5-9,16H,4,10H2,1-3H3,(H,18,19). The number of aromatic nitrogens is 1. The van der Waals surface area contributed by atoms with Gasteiger partial charge in [0.25, 0.3) is 0 Å². The van der Waals surface area contributed by atoms with Gasteiger partial charge in [-0.2, -0.15) is 0 Å². The van der Waals surface area contributed by atoms with E-state index in [0.29, 0.717) is 13.1 Å². The van der Waals surface area contributed by atoms with Crippen molar-refractivity contribution in [2.24, 2.45) is 0 Å². The zero-order valence-electron chi connectivity index (χ0n) is 11.6. The highest BCUT2D eigenvalue weighted by Gasteiger charge is 2.33. The molecule has 0 unspecified atom stereocenters. The van der Waals surface area contributed by atoms with Gasteiger partial charge in [0.1, 0.15) is 5.54 Å². The maximum atomic E-state index is 11.4. The fourth-order valence-corrected chi connectivity index (χ4v) is 2.31. The SMILES string of the molecule is CCN(Cc1c[nH]c2ccccc12)C(C)(C)C(=O)O. The first-order valence-electron chi connectivity index (χ1n) is 6.50. The van der Waals surface area contributed by atoms with Crippen LogP contribution >= 0.6 is 0 Å². The Morgan fingerprint density at radius 2 is 2.05 bits per heavy atom. The molecule has 0 bridgehead atoms. The van der Waals surface area contributed by atoms with Crippen LogP contribution in [0.15, 0.2) is 30.5 Å². The van der Waals surface area contributed by atoms with Gasteiger partial charge < -0.3 is 10.1 Å². The zero-order chi connectivity index (χ0) is 14.0. The van der Waals surface area contributed by atoms with E-state index in [9.17, 15) is 9.90 Å². The molecule has 1 aromatic heterocycles. The third kappa shape index (κ3) is 2.49. The van der Waals surface area contributed by atoms with E-state index in [4.69, 9.17) is 0 Å². The summed E-state index contributed by atoms with van der Waals surface area (Å²) in [5, 5.41) is 10.5. The lowest BCUT2D eigenvalue weighted by molar-refractivity contribution is -0.149. The van der Waals surface area contributed by atoms with E-state index < -0.39 is 11.5 Å². The van der Waals surface area contributed by atoms with Crippen LogP contribution in [0.4, 0.5) is 0 Å². The number of hydrogen-bond donors (Lipinski definition) is 2. The summed E-state index contributed by atoms with van der Waals surface area (Å²) >= 11 is 0. The highest BCUT2D eigenvalue weighted by Crippen LogP contribution is 2.23. The normalized spacial score (nSPS) is 12.2. The highest BCUT2D eigenvalue weighted by molar-refractivity contribution is 5.83. The van der Waals surface area contributed by atoms with Crippen LogP contribution in [0.1, 0.15) is 26.3 Å². The molecule has 0 radical (unpaired) electrons. The molecule has 0 fully saturated rings. The van der Waals surface area contributed by atoms with Gasteiger partial charge in [-0.15, -0.1) is 0 Å². The van der Waals surface area contributed by atoms with E-state index >= 15 is 0 Å². The zero-order valence-corrected chi connectivity index (χ0v) is 11.6. The summed E-state index contributed by atoms with van der Waals surface area (Å²) in [7, 11) is 0. The lowest BCUT2D eigenvalue weighted by Crippen LogP contribution is -2.49. The fourth-order valence-electron chi connectivity index (χ4n) is 2.31. The molecule has 4 nitrogen and oxygen atoms in total.